The molecule has 0 fully saturated rings. The van der Waals surface area contributed by atoms with Crippen LogP contribution in [0.25, 0.3) is 33.3 Å². The van der Waals surface area contributed by atoms with Gasteiger partial charge < -0.3 is 36.3 Å². The fourth-order valence-electron chi connectivity index (χ4n) is 2.39. The van der Waals surface area contributed by atoms with Crippen LogP contribution in [0.3, 0.4) is 0 Å². The summed E-state index contributed by atoms with van der Waals surface area (Å²) in [5.74, 6) is 0. The number of aryl methyl sites for hydroxylation is 4. The van der Waals surface area contributed by atoms with E-state index >= 15 is 0 Å². The zero-order chi connectivity index (χ0) is 16.3. The minimum atomic E-state index is 0. The van der Waals surface area contributed by atoms with Gasteiger partial charge in [-0.05, 0) is 49.9 Å². The third kappa shape index (κ3) is 5.60. The summed E-state index contributed by atoms with van der Waals surface area (Å²) in [6, 6.07) is 4.34. The van der Waals surface area contributed by atoms with Crippen LogP contribution >= 0.6 is 0 Å². The maximum atomic E-state index is 6.26. The van der Waals surface area contributed by atoms with Gasteiger partial charge in [0.2, 0.25) is 0 Å². The molecule has 2 aromatic heterocycles. The van der Waals surface area contributed by atoms with Gasteiger partial charge in [-0.1, -0.05) is 12.1 Å². The fraction of sp³-hybridized carbons (Fsp3) is 0.333. The van der Waals surface area contributed by atoms with Gasteiger partial charge >= 0.3 is 21.1 Å². The summed E-state index contributed by atoms with van der Waals surface area (Å²) < 4.78 is 0. The van der Waals surface area contributed by atoms with Gasteiger partial charge in [0.25, 0.3) is 0 Å². The van der Waals surface area contributed by atoms with Crippen LogP contribution in [-0.2, 0) is 21.1 Å². The normalized spacial score (nSPS) is 9.36. The maximum Gasteiger partial charge on any atom is 4.00 e. The molecule has 0 aliphatic rings. The molecule has 2 N–H and O–H groups in total. The average molecular weight is 560 g/mol. The Hall–Kier alpha value is -0.772. The van der Waals surface area contributed by atoms with Crippen LogP contribution in [0.5, 0.6) is 0 Å². The number of fused-ring (bicyclic) bond motifs is 3. The Balaban J connectivity index is 0. The van der Waals surface area contributed by atoms with Crippen LogP contribution < -0.4 is 24.8 Å². The second-order valence-corrected chi connectivity index (χ2v) is 5.49. The van der Waals surface area contributed by atoms with Crippen LogP contribution in [0.1, 0.15) is 22.3 Å². The number of hydrogen-bond acceptors (Lipinski definition) is 2. The van der Waals surface area contributed by atoms with E-state index < -0.39 is 0 Å². The van der Waals surface area contributed by atoms with Crippen molar-refractivity contribution in [1.29, 1.82) is 0 Å². The molecule has 4 nitrogen and oxygen atoms in total. The SMILES string of the molecule is Cc1cnc2c(ccc3c(C)c(C)cnc32)c1C.[Cl-].[Cl-].[NH-]CC[NH-].[Pt+4]. The Morgan fingerprint density at radius 3 is 1.32 bits per heavy atom. The predicted octanol–water partition coefficient (Wildman–Crippen LogP) is -0.887. The first-order valence-corrected chi connectivity index (χ1v) is 7.41. The molecule has 0 aliphatic carbocycles. The van der Waals surface area contributed by atoms with Crippen LogP contribution in [0.2, 0.25) is 0 Å². The third-order valence-electron chi connectivity index (χ3n) is 4.04. The molecule has 0 unspecified atom stereocenters. The monoisotopic (exact) mass is 559 g/mol. The molecule has 1 aromatic carbocycles. The summed E-state index contributed by atoms with van der Waals surface area (Å²) in [6.45, 7) is 8.96. The maximum absolute atomic E-state index is 6.26. The van der Waals surface area contributed by atoms with E-state index in [0.717, 1.165) is 11.0 Å². The molecule has 2 heterocycles. The smallest absolute Gasteiger partial charge is 1.00 e. The molecule has 0 aliphatic heterocycles. The molecular formula is C18H22Cl2N4Pt. The van der Waals surface area contributed by atoms with Crippen LogP contribution in [-0.4, -0.2) is 23.1 Å². The Morgan fingerprint density at radius 2 is 1.04 bits per heavy atom. The van der Waals surface area contributed by atoms with E-state index in [1.807, 2.05) is 12.4 Å². The Morgan fingerprint density at radius 1 is 0.720 bits per heavy atom. The largest absolute Gasteiger partial charge is 4.00 e. The van der Waals surface area contributed by atoms with Crippen LogP contribution in [0, 0.1) is 27.7 Å². The van der Waals surface area contributed by atoms with E-state index in [1.54, 1.807) is 0 Å². The Kier molecular flexibility index (Phi) is 12.5. The third-order valence-corrected chi connectivity index (χ3v) is 4.04. The molecule has 0 atom stereocenters. The van der Waals surface area contributed by atoms with Crippen molar-refractivity contribution in [2.45, 2.75) is 27.7 Å². The van der Waals surface area contributed by atoms with Crippen LogP contribution in [0.4, 0.5) is 0 Å². The summed E-state index contributed by atoms with van der Waals surface area (Å²) in [6.07, 6.45) is 3.88. The minimum absolute atomic E-state index is 0. The molecule has 3 aromatic rings. The number of nitrogens with zero attached hydrogens (tertiary/aromatic N) is 2. The topological polar surface area (TPSA) is 73.4 Å². The Labute approximate surface area is 176 Å². The second kappa shape index (κ2) is 11.8. The number of hydrogen-bond donors (Lipinski definition) is 0. The number of halogens is 2. The molecule has 7 heteroatoms. The van der Waals surface area contributed by atoms with Crippen molar-refractivity contribution in [1.82, 2.24) is 9.97 Å². The van der Waals surface area contributed by atoms with Crippen molar-refractivity contribution in [2.24, 2.45) is 0 Å². The Bertz CT molecular complexity index is 756. The van der Waals surface area contributed by atoms with Gasteiger partial charge in [-0.2, -0.15) is 13.1 Å². The van der Waals surface area contributed by atoms with E-state index in [1.165, 1.54) is 33.0 Å². The van der Waals surface area contributed by atoms with Crippen LogP contribution in [0.15, 0.2) is 24.5 Å². The van der Waals surface area contributed by atoms with Crippen molar-refractivity contribution in [2.75, 3.05) is 13.1 Å². The first-order chi connectivity index (χ1) is 10.5. The summed E-state index contributed by atoms with van der Waals surface area (Å²) in [5, 5.41) is 2.41. The molecule has 0 saturated carbocycles. The molecule has 0 saturated heterocycles. The molecule has 25 heavy (non-hydrogen) atoms. The molecular weight excluding hydrogens is 538 g/mol. The molecule has 3 rings (SSSR count). The van der Waals surface area contributed by atoms with E-state index in [0.29, 0.717) is 0 Å². The number of rotatable bonds is 1. The summed E-state index contributed by atoms with van der Waals surface area (Å²) in [7, 11) is 0. The summed E-state index contributed by atoms with van der Waals surface area (Å²) >= 11 is 0. The minimum Gasteiger partial charge on any atom is -1.00 e. The molecule has 0 spiro atoms. The quantitative estimate of drug-likeness (QED) is 0.363. The van der Waals surface area contributed by atoms with E-state index in [4.69, 9.17) is 11.5 Å². The van der Waals surface area contributed by atoms with Crippen molar-refractivity contribution in [3.8, 4) is 0 Å². The van der Waals surface area contributed by atoms with Crippen molar-refractivity contribution >= 4 is 21.8 Å². The van der Waals surface area contributed by atoms with Crippen molar-refractivity contribution < 1.29 is 45.9 Å². The average Bonchev–Trinajstić information content (AvgIpc) is 2.54. The molecule has 0 radical (unpaired) electrons. The second-order valence-electron chi connectivity index (χ2n) is 5.49. The number of nitrogens with one attached hydrogen (secondary N) is 2. The van der Waals surface area contributed by atoms with E-state index in [-0.39, 0.29) is 59.0 Å². The number of pyridine rings is 2. The molecule has 0 bridgehead atoms. The van der Waals surface area contributed by atoms with E-state index in [2.05, 4.69) is 49.8 Å². The van der Waals surface area contributed by atoms with Gasteiger partial charge in [0.15, 0.2) is 0 Å². The summed E-state index contributed by atoms with van der Waals surface area (Å²) in [4.78, 5) is 9.16. The standard InChI is InChI=1S/C16H16N2.C2H6N2.2ClH.Pt/c1-9-7-17-15-13(11(9)3)5-6-14-12(4)10(2)8-18-16(14)15;3-1-2-4;;;/h5-8H,1-4H3;3-4H,1-2H2;2*1H;/q;-2;;;+4/p-2. The summed E-state index contributed by atoms with van der Waals surface area (Å²) in [5.41, 5.74) is 19.6. The van der Waals surface area contributed by atoms with Crippen molar-refractivity contribution in [3.05, 3.63) is 58.2 Å². The molecule has 138 valence electrons. The van der Waals surface area contributed by atoms with E-state index in [9.17, 15) is 0 Å². The van der Waals surface area contributed by atoms with Gasteiger partial charge in [-0.25, -0.2) is 0 Å². The number of benzene rings is 1. The van der Waals surface area contributed by atoms with Crippen molar-refractivity contribution in [3.63, 3.8) is 0 Å². The fourth-order valence-corrected chi connectivity index (χ4v) is 2.39. The predicted molar refractivity (Wildman–Crippen MR) is 94.4 cm³/mol. The number of aromatic nitrogens is 2. The van der Waals surface area contributed by atoms with Gasteiger partial charge in [-0.3, -0.25) is 9.97 Å². The molecule has 0 amide bonds. The zero-order valence-corrected chi connectivity index (χ0v) is 18.5. The first kappa shape index (κ1) is 26.5. The first-order valence-electron chi connectivity index (χ1n) is 7.41. The van der Waals surface area contributed by atoms with Gasteiger partial charge in [0.1, 0.15) is 0 Å². The van der Waals surface area contributed by atoms with Gasteiger partial charge in [0, 0.05) is 23.2 Å². The van der Waals surface area contributed by atoms with Gasteiger partial charge in [0.05, 0.1) is 11.0 Å². The van der Waals surface area contributed by atoms with Gasteiger partial charge in [-0.15, -0.1) is 0 Å². The zero-order valence-electron chi connectivity index (χ0n) is 14.7.